The van der Waals surface area contributed by atoms with Gasteiger partial charge in [-0.05, 0) is 220 Å². The zero-order valence-electron chi connectivity index (χ0n) is 66.0. The lowest BCUT2D eigenvalue weighted by atomic mass is 9.72. The zero-order chi connectivity index (χ0) is 78.7. The van der Waals surface area contributed by atoms with E-state index in [1.54, 1.807) is 0 Å². The van der Waals surface area contributed by atoms with E-state index in [-0.39, 0.29) is 0 Å². The van der Waals surface area contributed by atoms with Crippen LogP contribution in [0, 0.1) is 0 Å². The molecule has 2 heteroatoms. The first-order chi connectivity index (χ1) is 58.3. The SMILES string of the molecule is CC1(c2ccc(-c3cccc(C4(C)c5ccccc5-c5c(N(c6cccc(-c7ccc8ccccc8c7)c6)c6ccccc6-c6ccccc6-c6ccccc6-c6ccccc6)cccc54)c3)cc2)C2=C(CCC=C2)c2c(N(c3ccccc3-c3ccccc3)c3ccccc3-c3ccccc3-c3ccccc3-c3ccccc3)cccc21. The van der Waals surface area contributed by atoms with E-state index in [1.807, 2.05) is 0 Å². The van der Waals surface area contributed by atoms with Crippen molar-refractivity contribution in [1.29, 1.82) is 0 Å². The zero-order valence-corrected chi connectivity index (χ0v) is 66.0. The lowest BCUT2D eigenvalue weighted by Gasteiger charge is -2.33. The maximum Gasteiger partial charge on any atom is 0.0543 e. The standard InChI is InChI=1S/C116H84N2/c1-115(104-61-27-22-59-102(104)114-106(115)63-35-69-112(114)118(108-65-29-24-50-93(108)83-41-10-5-11-42-83)110-67-31-26-58-101(110)99-56-21-19-54-97(99)95-52-17-15-49-92(95)82-39-8-4-9-40-82)88-74-72-80(73-75-88)85-44-32-46-89(77-85)116(2)105-62-28-23-60-103(105)113-107(116)64-34-68-111(113)117(90-47-33-45-86(78-90)87-71-70-79-36-12-13-43-84(79)76-87)109-66-30-25-57-100(109)98-55-20-18-53-96(98)94-51-16-14-48-91(94)81-37-6-3-7-38-81/h3-21,23-58,60-78H,22,59H2,1-2H3. The normalized spacial score (nSPS) is 15.0. The molecule has 0 bridgehead atoms. The van der Waals surface area contributed by atoms with Crippen LogP contribution >= 0.6 is 0 Å². The molecule has 118 heavy (non-hydrogen) atoms. The molecule has 0 heterocycles. The maximum absolute atomic E-state index is 2.60. The molecule has 18 aromatic carbocycles. The van der Waals surface area contributed by atoms with Crippen LogP contribution in [0.1, 0.15) is 60.1 Å². The Labute approximate surface area is 692 Å². The molecule has 0 radical (unpaired) electrons. The van der Waals surface area contributed by atoms with Gasteiger partial charge in [0.15, 0.2) is 0 Å². The Morgan fingerprint density at radius 2 is 0.602 bits per heavy atom. The van der Waals surface area contributed by atoms with Crippen LogP contribution in [-0.2, 0) is 10.8 Å². The molecule has 0 aromatic heterocycles. The summed E-state index contributed by atoms with van der Waals surface area (Å²) in [5.74, 6) is 0. The lowest BCUT2D eigenvalue weighted by molar-refractivity contribution is 0.703. The number of hydrogen-bond acceptors (Lipinski definition) is 2. The van der Waals surface area contributed by atoms with Gasteiger partial charge < -0.3 is 9.80 Å². The quantitative estimate of drug-likeness (QED) is 0.0896. The number of hydrogen-bond donors (Lipinski definition) is 0. The van der Waals surface area contributed by atoms with Crippen LogP contribution in [0.2, 0.25) is 0 Å². The van der Waals surface area contributed by atoms with E-state index in [0.717, 1.165) is 80.3 Å². The summed E-state index contributed by atoms with van der Waals surface area (Å²) in [4.78, 5) is 5.15. The molecule has 558 valence electrons. The molecule has 2 nitrogen and oxygen atoms in total. The second kappa shape index (κ2) is 29.9. The fourth-order valence-corrected chi connectivity index (χ4v) is 19.7. The summed E-state index contributed by atoms with van der Waals surface area (Å²) in [5, 5.41) is 2.44. The predicted molar refractivity (Wildman–Crippen MR) is 498 cm³/mol. The van der Waals surface area contributed by atoms with Crippen molar-refractivity contribution >= 4 is 50.5 Å². The van der Waals surface area contributed by atoms with Gasteiger partial charge in [-0.1, -0.05) is 394 Å². The molecular formula is C116H84N2. The Morgan fingerprint density at radius 1 is 0.220 bits per heavy atom. The van der Waals surface area contributed by atoms with E-state index < -0.39 is 10.8 Å². The molecule has 0 spiro atoms. The summed E-state index contributed by atoms with van der Waals surface area (Å²) in [6, 6.07) is 163. The molecule has 21 rings (SSSR count). The van der Waals surface area contributed by atoms with Crippen LogP contribution in [0.5, 0.6) is 0 Å². The molecule has 0 saturated heterocycles. The molecule has 18 aromatic rings. The van der Waals surface area contributed by atoms with Crippen molar-refractivity contribution < 1.29 is 0 Å². The average Bonchev–Trinajstić information content (AvgIpc) is 1.55. The van der Waals surface area contributed by atoms with Gasteiger partial charge in [0.05, 0.1) is 28.4 Å². The Kier molecular flexibility index (Phi) is 18.0. The summed E-state index contributed by atoms with van der Waals surface area (Å²) in [5.41, 5.74) is 39.6. The van der Waals surface area contributed by atoms with Gasteiger partial charge in [0.1, 0.15) is 0 Å². The highest BCUT2D eigenvalue weighted by atomic mass is 15.2. The summed E-state index contributed by atoms with van der Waals surface area (Å²) < 4.78 is 0. The molecule has 0 aliphatic heterocycles. The van der Waals surface area contributed by atoms with Crippen LogP contribution in [0.3, 0.4) is 0 Å². The number of nitrogens with zero attached hydrogens (tertiary/aromatic N) is 2. The fourth-order valence-electron chi connectivity index (χ4n) is 19.7. The Morgan fingerprint density at radius 3 is 1.19 bits per heavy atom. The van der Waals surface area contributed by atoms with Crippen LogP contribution in [0.4, 0.5) is 34.1 Å². The number of fused-ring (bicyclic) bond motifs is 6. The minimum absolute atomic E-state index is 0.484. The predicted octanol–water partition coefficient (Wildman–Crippen LogP) is 31.5. The lowest BCUT2D eigenvalue weighted by Crippen LogP contribution is -2.24. The van der Waals surface area contributed by atoms with Gasteiger partial charge in [0.2, 0.25) is 0 Å². The summed E-state index contributed by atoms with van der Waals surface area (Å²) in [6.45, 7) is 4.94. The minimum Gasteiger partial charge on any atom is -0.309 e. The molecule has 2 atom stereocenters. The molecule has 2 unspecified atom stereocenters. The summed E-state index contributed by atoms with van der Waals surface area (Å²) >= 11 is 0. The highest BCUT2D eigenvalue weighted by Crippen LogP contribution is 2.61. The van der Waals surface area contributed by atoms with Crippen molar-refractivity contribution in [3.8, 4) is 111 Å². The van der Waals surface area contributed by atoms with Crippen LogP contribution < -0.4 is 9.80 Å². The summed E-state index contributed by atoms with van der Waals surface area (Å²) in [7, 11) is 0. The third kappa shape index (κ3) is 12.1. The van der Waals surface area contributed by atoms with Crippen molar-refractivity contribution in [3.05, 3.63) is 488 Å². The van der Waals surface area contributed by atoms with Crippen LogP contribution in [0.25, 0.3) is 128 Å². The third-order valence-corrected chi connectivity index (χ3v) is 25.4. The molecule has 0 saturated carbocycles. The van der Waals surface area contributed by atoms with Gasteiger partial charge in [-0.15, -0.1) is 0 Å². The fraction of sp³-hybridized carbons (Fsp3) is 0.0517. The first-order valence-corrected chi connectivity index (χ1v) is 41.3. The van der Waals surface area contributed by atoms with Gasteiger partial charge in [-0.25, -0.2) is 0 Å². The largest absolute Gasteiger partial charge is 0.309 e. The van der Waals surface area contributed by atoms with Gasteiger partial charge in [-0.3, -0.25) is 0 Å². The Bertz CT molecular complexity index is 6970. The number of anilines is 6. The second-order valence-electron chi connectivity index (χ2n) is 31.8. The molecule has 0 N–H and O–H groups in total. The highest BCUT2D eigenvalue weighted by Gasteiger charge is 2.46. The van der Waals surface area contributed by atoms with E-state index in [4.69, 9.17) is 0 Å². The molecule has 0 amide bonds. The molecular weight excluding hydrogens is 1420 g/mol. The number of rotatable bonds is 17. The monoisotopic (exact) mass is 1500 g/mol. The molecule has 3 aliphatic carbocycles. The van der Waals surface area contributed by atoms with E-state index in [9.17, 15) is 0 Å². The van der Waals surface area contributed by atoms with Gasteiger partial charge >= 0.3 is 0 Å². The van der Waals surface area contributed by atoms with Gasteiger partial charge in [-0.2, -0.15) is 0 Å². The Balaban J connectivity index is 0.680. The van der Waals surface area contributed by atoms with Crippen LogP contribution in [0.15, 0.2) is 455 Å². The minimum atomic E-state index is -0.550. The van der Waals surface area contributed by atoms with Crippen molar-refractivity contribution in [2.75, 3.05) is 9.80 Å². The molecule has 0 fully saturated rings. The van der Waals surface area contributed by atoms with Crippen molar-refractivity contribution in [3.63, 3.8) is 0 Å². The third-order valence-electron chi connectivity index (χ3n) is 25.4. The number of allylic oxidation sites excluding steroid dienone is 4. The summed E-state index contributed by atoms with van der Waals surface area (Å²) in [6.07, 6.45) is 6.75. The van der Waals surface area contributed by atoms with E-state index in [0.29, 0.717) is 0 Å². The topological polar surface area (TPSA) is 6.48 Å². The first kappa shape index (κ1) is 71.1. The maximum atomic E-state index is 2.60. The van der Waals surface area contributed by atoms with Gasteiger partial charge in [0, 0.05) is 44.3 Å². The smallest absolute Gasteiger partial charge is 0.0543 e. The number of para-hydroxylation sites is 3. The van der Waals surface area contributed by atoms with Crippen molar-refractivity contribution in [2.45, 2.75) is 37.5 Å². The average molecular weight is 1510 g/mol. The highest BCUT2D eigenvalue weighted by molar-refractivity contribution is 6.05. The first-order valence-electron chi connectivity index (χ1n) is 41.3. The van der Waals surface area contributed by atoms with E-state index >= 15 is 0 Å². The Hall–Kier alpha value is -14.7. The molecule has 3 aliphatic rings. The van der Waals surface area contributed by atoms with Gasteiger partial charge in [0.25, 0.3) is 0 Å². The van der Waals surface area contributed by atoms with Crippen molar-refractivity contribution in [1.82, 2.24) is 0 Å². The van der Waals surface area contributed by atoms with E-state index in [2.05, 4.69) is 473 Å². The van der Waals surface area contributed by atoms with Crippen molar-refractivity contribution in [2.24, 2.45) is 0 Å². The van der Waals surface area contributed by atoms with E-state index in [1.165, 1.54) is 133 Å². The number of benzene rings is 18. The second-order valence-corrected chi connectivity index (χ2v) is 31.8. The van der Waals surface area contributed by atoms with Crippen LogP contribution in [-0.4, -0.2) is 0 Å².